The first-order valence-corrected chi connectivity index (χ1v) is 19.3. The van der Waals surface area contributed by atoms with Crippen LogP contribution in [0.3, 0.4) is 0 Å². The molecule has 4 aliphatic rings. The van der Waals surface area contributed by atoms with Crippen LogP contribution in [-0.2, 0) is 0 Å². The van der Waals surface area contributed by atoms with Crippen molar-refractivity contribution in [2.24, 2.45) is 0 Å². The Hall–Kier alpha value is 0.860. The van der Waals surface area contributed by atoms with E-state index in [2.05, 4.69) is 0 Å². The summed E-state index contributed by atoms with van der Waals surface area (Å²) in [4.78, 5) is 0. The van der Waals surface area contributed by atoms with Crippen molar-refractivity contribution in [3.8, 4) is 0 Å². The van der Waals surface area contributed by atoms with Crippen molar-refractivity contribution in [1.29, 1.82) is 0 Å². The van der Waals surface area contributed by atoms with Gasteiger partial charge in [-0.2, -0.15) is 0 Å². The zero-order chi connectivity index (χ0) is 22.6. The van der Waals surface area contributed by atoms with Crippen molar-refractivity contribution in [2.45, 2.75) is 183 Å². The molecular weight excluding hydrogens is 434 g/mol. The summed E-state index contributed by atoms with van der Waals surface area (Å²) in [7, 11) is 0.607. The first-order chi connectivity index (χ1) is 16.4. The Morgan fingerprint density at radius 1 is 0.303 bits per heavy atom. The van der Waals surface area contributed by atoms with Gasteiger partial charge in [-0.15, -0.1) is 15.8 Å². The van der Waals surface area contributed by atoms with Crippen molar-refractivity contribution in [2.75, 3.05) is 12.3 Å². The topological polar surface area (TPSA) is 0 Å². The molecule has 4 saturated carbocycles. The van der Waals surface area contributed by atoms with E-state index in [-0.39, 0.29) is 0 Å². The molecule has 4 rings (SSSR count). The van der Waals surface area contributed by atoms with Crippen LogP contribution < -0.4 is 0 Å². The Labute approximate surface area is 211 Å². The van der Waals surface area contributed by atoms with Crippen molar-refractivity contribution < 1.29 is 0 Å². The Balaban J connectivity index is 1.39. The molecule has 0 aromatic heterocycles. The van der Waals surface area contributed by atoms with Crippen LogP contribution in [0.25, 0.3) is 0 Å². The third kappa shape index (κ3) is 9.03. The minimum atomic E-state index is 0.303. The van der Waals surface area contributed by atoms with Crippen molar-refractivity contribution >= 4 is 15.8 Å². The van der Waals surface area contributed by atoms with Gasteiger partial charge in [-0.05, 0) is 92.7 Å². The van der Waals surface area contributed by atoms with E-state index < -0.39 is 0 Å². The highest BCUT2D eigenvalue weighted by atomic mass is 31.1. The molecule has 0 N–H and O–H groups in total. The average Bonchev–Trinajstić information content (AvgIpc) is 3.43. The van der Waals surface area contributed by atoms with E-state index in [4.69, 9.17) is 0 Å². The molecule has 0 bridgehead atoms. The van der Waals surface area contributed by atoms with Gasteiger partial charge in [0.25, 0.3) is 0 Å². The number of hydrogen-bond donors (Lipinski definition) is 0. The first-order valence-electron chi connectivity index (χ1n) is 15.9. The Morgan fingerprint density at radius 2 is 0.515 bits per heavy atom. The fourth-order valence-corrected chi connectivity index (χ4v) is 16.2. The fourth-order valence-electron chi connectivity index (χ4n) is 8.12. The highest BCUT2D eigenvalue weighted by molar-refractivity contribution is 7.60. The van der Waals surface area contributed by atoms with Crippen LogP contribution >= 0.6 is 15.8 Å². The summed E-state index contributed by atoms with van der Waals surface area (Å²) in [5.74, 6) is 0. The Morgan fingerprint density at radius 3 is 0.727 bits per heavy atom. The summed E-state index contributed by atoms with van der Waals surface area (Å²) >= 11 is 0. The summed E-state index contributed by atoms with van der Waals surface area (Å²) in [6.45, 7) is 0. The summed E-state index contributed by atoms with van der Waals surface area (Å²) in [5, 5.41) is 0. The molecule has 0 amide bonds. The van der Waals surface area contributed by atoms with Gasteiger partial charge in [0.1, 0.15) is 0 Å². The van der Waals surface area contributed by atoms with E-state index in [9.17, 15) is 0 Å². The largest absolute Gasteiger partial charge is 0.100 e. The van der Waals surface area contributed by atoms with E-state index in [0.717, 1.165) is 22.6 Å². The van der Waals surface area contributed by atoms with Crippen LogP contribution in [0.15, 0.2) is 0 Å². The maximum Gasteiger partial charge on any atom is -0.0207 e. The van der Waals surface area contributed by atoms with Crippen molar-refractivity contribution in [1.82, 2.24) is 0 Å². The second-order valence-corrected chi connectivity index (χ2v) is 18.3. The van der Waals surface area contributed by atoms with Crippen LogP contribution in [0, 0.1) is 0 Å². The predicted molar refractivity (Wildman–Crippen MR) is 154 cm³/mol. The molecule has 192 valence electrons. The molecule has 0 saturated heterocycles. The molecule has 0 heterocycles. The van der Waals surface area contributed by atoms with Gasteiger partial charge in [-0.25, -0.2) is 0 Å². The minimum Gasteiger partial charge on any atom is -0.100 e. The first kappa shape index (κ1) is 26.9. The smallest absolute Gasteiger partial charge is 0.0207 e. The van der Waals surface area contributed by atoms with E-state index in [1.54, 1.807) is 173 Å². The maximum absolute atomic E-state index is 1.68. The zero-order valence-corrected chi connectivity index (χ0v) is 24.1. The zero-order valence-electron chi connectivity index (χ0n) is 22.3. The molecule has 4 aliphatic carbocycles. The lowest BCUT2D eigenvalue weighted by molar-refractivity contribution is 0.657. The lowest BCUT2D eigenvalue weighted by atomic mass is 10.2. The average molecular weight is 493 g/mol. The molecule has 0 aromatic carbocycles. The molecule has 0 radical (unpaired) electrons. The molecule has 0 unspecified atom stereocenters. The lowest BCUT2D eigenvalue weighted by Gasteiger charge is -2.37. The van der Waals surface area contributed by atoms with Gasteiger partial charge in [0.05, 0.1) is 0 Å². The standard InChI is InChI=1S/C31H58P2/c1-2-10-19-28(18-9-1)32(29-20-11-3-4-12-21-29)26-17-27-33(30-22-13-5-6-14-23-30)31-24-15-7-8-16-25-31/h28-31H,1-27H2. The van der Waals surface area contributed by atoms with E-state index in [1.807, 2.05) is 0 Å². The third-order valence-electron chi connectivity index (χ3n) is 10.0. The van der Waals surface area contributed by atoms with Crippen LogP contribution in [-0.4, -0.2) is 35.0 Å². The third-order valence-corrected chi connectivity index (χ3v) is 17.5. The van der Waals surface area contributed by atoms with Gasteiger partial charge < -0.3 is 0 Å². The van der Waals surface area contributed by atoms with E-state index in [1.165, 1.54) is 0 Å². The SMILES string of the molecule is C1CCCC(P(CCCP(C2CCCCCC2)C2CCCCCC2)C2CCCCCC2)CC1. The monoisotopic (exact) mass is 492 g/mol. The second-order valence-electron chi connectivity index (χ2n) is 12.4. The molecule has 0 aliphatic heterocycles. The maximum atomic E-state index is 1.68. The van der Waals surface area contributed by atoms with Crippen molar-refractivity contribution in [3.05, 3.63) is 0 Å². The van der Waals surface area contributed by atoms with Gasteiger partial charge in [0, 0.05) is 0 Å². The highest BCUT2D eigenvalue weighted by Gasteiger charge is 2.32. The minimum absolute atomic E-state index is 0.303. The van der Waals surface area contributed by atoms with Crippen LogP contribution in [0.2, 0.25) is 0 Å². The summed E-state index contributed by atoms with van der Waals surface area (Å²) in [5.41, 5.74) is 4.64. The van der Waals surface area contributed by atoms with Gasteiger partial charge in [0.15, 0.2) is 0 Å². The lowest BCUT2D eigenvalue weighted by Crippen LogP contribution is -2.20. The number of rotatable bonds is 8. The van der Waals surface area contributed by atoms with E-state index >= 15 is 0 Å². The predicted octanol–water partition coefficient (Wildman–Crippen LogP) is 11.2. The van der Waals surface area contributed by atoms with E-state index in [0.29, 0.717) is 15.8 Å². The quantitative estimate of drug-likeness (QED) is 0.233. The van der Waals surface area contributed by atoms with Gasteiger partial charge in [-0.1, -0.05) is 103 Å². The van der Waals surface area contributed by atoms with Gasteiger partial charge in [0.2, 0.25) is 0 Å². The highest BCUT2D eigenvalue weighted by Crippen LogP contribution is 2.58. The molecule has 0 aromatic rings. The molecule has 0 nitrogen and oxygen atoms in total. The van der Waals surface area contributed by atoms with Gasteiger partial charge in [-0.3, -0.25) is 0 Å². The van der Waals surface area contributed by atoms with Gasteiger partial charge >= 0.3 is 0 Å². The van der Waals surface area contributed by atoms with Crippen LogP contribution in [0.5, 0.6) is 0 Å². The summed E-state index contributed by atoms with van der Waals surface area (Å²) < 4.78 is 0. The Kier molecular flexibility index (Phi) is 12.9. The Bertz CT molecular complexity index is 389. The molecule has 33 heavy (non-hydrogen) atoms. The molecule has 4 fully saturated rings. The van der Waals surface area contributed by atoms with Crippen molar-refractivity contribution in [3.63, 3.8) is 0 Å². The van der Waals surface area contributed by atoms with Crippen LogP contribution in [0.1, 0.15) is 161 Å². The normalized spacial score (nSPS) is 26.7. The number of hydrogen-bond acceptors (Lipinski definition) is 0. The van der Waals surface area contributed by atoms with Crippen LogP contribution in [0.4, 0.5) is 0 Å². The molecule has 0 spiro atoms. The molecular formula is C31H58P2. The summed E-state index contributed by atoms with van der Waals surface area (Å²) in [6, 6.07) is 0. The second kappa shape index (κ2) is 15.9. The molecule has 2 heteroatoms. The summed E-state index contributed by atoms with van der Waals surface area (Å²) in [6.07, 6.45) is 42.7. The molecule has 0 atom stereocenters. The fraction of sp³-hybridized carbons (Fsp3) is 1.00.